The molecule has 19 aromatic carbocycles. The van der Waals surface area contributed by atoms with Gasteiger partial charge in [-0.05, 0) is 137 Å². The standard InChI is InChI=1S/C26H21NO.C25H20.C22H20O2.C21H18O2.C20H17NO.C18H15NO/c28-25(27-24-19-11-4-12-20-24)26(21-13-5-1-6-14-21,22-15-7-2-8-16-22)23-17-9-3-10-18-23;1-5-13-21(14-6-1)25(22-15-7-2-8-16-22,23-17-9-3-10-18-23)24-19-11-4-12-20-24;1-2-24-21(23)22(18-12-6-3-7-13-18,19-14-8-4-9-15-19)20-16-10-5-11-17-20;1-23-20(22)21(17-11-5-2-6-12-17,18-13-7-3-8-14-18)19-15-9-4-10-16-19;21-19(22)20(16-10-4-1-5-11-16,17-12-6-2-7-13-17)18-14-8-3-9-15-18;20-18(15-7-3-1-4-8-15,16-9-5-2-6-10-16)17-11-13-19-14-12-17/h1-20H,(H,27,28);1-20H;3-17H,2H2,1H3;2-16H,1H3;1-15H,(H2,21,22);1-14,20H. The zero-order chi connectivity index (χ0) is 98.4. The Morgan fingerprint density at radius 3 is 0.599 bits per heavy atom. The first-order valence-corrected chi connectivity index (χ1v) is 47.5. The number of hydrogen-bond acceptors (Lipinski definition) is 8. The van der Waals surface area contributed by atoms with Gasteiger partial charge in [-0.25, -0.2) is 0 Å². The first kappa shape index (κ1) is 98.7. The zero-order valence-electron chi connectivity index (χ0n) is 79.3. The van der Waals surface area contributed by atoms with Crippen molar-refractivity contribution in [1.29, 1.82) is 0 Å². The van der Waals surface area contributed by atoms with Crippen molar-refractivity contribution in [2.45, 2.75) is 39.6 Å². The van der Waals surface area contributed by atoms with E-state index in [4.69, 9.17) is 15.2 Å². The number of carbonyl (C=O) groups excluding carboxylic acids is 4. The zero-order valence-corrected chi connectivity index (χ0v) is 79.3. The number of primary amides is 1. The van der Waals surface area contributed by atoms with Gasteiger partial charge in [0.15, 0.2) is 0 Å². The lowest BCUT2D eigenvalue weighted by molar-refractivity contribution is -0.147. The number of benzene rings is 19. The van der Waals surface area contributed by atoms with Crippen LogP contribution in [0.4, 0.5) is 5.69 Å². The van der Waals surface area contributed by atoms with E-state index in [1.54, 1.807) is 12.4 Å². The minimum atomic E-state index is -1.16. The van der Waals surface area contributed by atoms with Crippen LogP contribution in [-0.4, -0.2) is 47.6 Å². The third-order valence-electron chi connectivity index (χ3n) is 25.6. The Morgan fingerprint density at radius 1 is 0.232 bits per heavy atom. The lowest BCUT2D eigenvalue weighted by atomic mass is 9.65. The molecule has 0 aliphatic rings. The normalized spacial score (nSPS) is 11.1. The van der Waals surface area contributed by atoms with Crippen LogP contribution in [0.3, 0.4) is 0 Å². The van der Waals surface area contributed by atoms with Crippen molar-refractivity contribution < 1.29 is 33.8 Å². The van der Waals surface area contributed by atoms with Crippen molar-refractivity contribution >= 4 is 29.4 Å². The van der Waals surface area contributed by atoms with Gasteiger partial charge in [0.05, 0.1) is 19.1 Å². The maximum absolute atomic E-state index is 13.9. The van der Waals surface area contributed by atoms with E-state index in [1.165, 1.54) is 29.4 Å². The minimum absolute atomic E-state index is 0.0812. The van der Waals surface area contributed by atoms with Crippen LogP contribution in [0.1, 0.15) is 113 Å². The highest BCUT2D eigenvalue weighted by molar-refractivity contribution is 6.05. The van der Waals surface area contributed by atoms with Gasteiger partial charge in [0.2, 0.25) is 11.8 Å². The molecule has 0 aliphatic carbocycles. The van der Waals surface area contributed by atoms with Crippen LogP contribution in [0.2, 0.25) is 0 Å². The molecule has 20 rings (SSSR count). The number of methoxy groups -OCH3 is 1. The number of esters is 2. The van der Waals surface area contributed by atoms with Gasteiger partial charge < -0.3 is 25.6 Å². The number of anilines is 1. The number of nitrogens with zero attached hydrogens (tertiary/aromatic N) is 1. The van der Waals surface area contributed by atoms with E-state index < -0.39 is 27.3 Å². The first-order chi connectivity index (χ1) is 69.9. The molecule has 0 atom stereocenters. The number of nitrogens with two attached hydrogens (primary N) is 1. The summed E-state index contributed by atoms with van der Waals surface area (Å²) in [6.45, 7) is 2.18. The van der Waals surface area contributed by atoms with Gasteiger partial charge in [-0.3, -0.25) is 24.2 Å². The second-order valence-electron chi connectivity index (χ2n) is 33.7. The largest absolute Gasteiger partial charge is 0.468 e. The number of rotatable bonds is 25. The Morgan fingerprint density at radius 2 is 0.401 bits per heavy atom. The monoisotopic (exact) mass is 1850 g/mol. The molecule has 20 aromatic rings. The van der Waals surface area contributed by atoms with Crippen molar-refractivity contribution in [1.82, 2.24) is 4.98 Å². The van der Waals surface area contributed by atoms with Gasteiger partial charge in [0.25, 0.3) is 0 Å². The lowest BCUT2D eigenvalue weighted by Crippen LogP contribution is -2.43. The molecule has 0 saturated heterocycles. The summed E-state index contributed by atoms with van der Waals surface area (Å²) in [6.07, 6.45) is 3.40. The van der Waals surface area contributed by atoms with E-state index >= 15 is 0 Å². The number of carbonyl (C=O) groups is 4. The summed E-state index contributed by atoms with van der Waals surface area (Å²) in [5.74, 6) is -1.01. The molecular formula is C132H111N3O7. The van der Waals surface area contributed by atoms with E-state index in [0.717, 1.165) is 89.1 Å². The number of hydrogen-bond donors (Lipinski definition) is 3. The summed E-state index contributed by atoms with van der Waals surface area (Å²) in [6, 6.07) is 194. The van der Waals surface area contributed by atoms with Crippen LogP contribution in [0.5, 0.6) is 0 Å². The van der Waals surface area contributed by atoms with Crippen LogP contribution >= 0.6 is 0 Å². The minimum Gasteiger partial charge on any atom is -0.468 e. The molecule has 0 unspecified atom stereocenters. The van der Waals surface area contributed by atoms with Crippen LogP contribution in [-0.2, 0) is 61.3 Å². The van der Waals surface area contributed by atoms with E-state index in [-0.39, 0.29) is 29.2 Å². The van der Waals surface area contributed by atoms with Crippen LogP contribution in [0.25, 0.3) is 0 Å². The summed E-state index contributed by atoms with van der Waals surface area (Å²) in [5.41, 5.74) is 19.7. The summed E-state index contributed by atoms with van der Waals surface area (Å²) in [7, 11) is 1.44. The fourth-order valence-corrected chi connectivity index (χ4v) is 19.1. The number of ether oxygens (including phenoxy) is 2. The Kier molecular flexibility index (Phi) is 33.9. The number of pyridine rings is 1. The Hall–Kier alpha value is -17.8. The molecule has 0 radical (unpaired) electrons. The van der Waals surface area contributed by atoms with Crippen LogP contribution < -0.4 is 11.1 Å². The van der Waals surface area contributed by atoms with E-state index in [2.05, 4.69) is 132 Å². The molecule has 0 aliphatic heterocycles. The molecular weight excluding hydrogens is 1740 g/mol. The molecule has 142 heavy (non-hydrogen) atoms. The van der Waals surface area contributed by atoms with Crippen LogP contribution in [0, 0.1) is 0 Å². The molecule has 10 heteroatoms. The van der Waals surface area contributed by atoms with Crippen molar-refractivity contribution in [3.63, 3.8) is 0 Å². The van der Waals surface area contributed by atoms with E-state index in [9.17, 15) is 24.3 Å². The van der Waals surface area contributed by atoms with Gasteiger partial charge >= 0.3 is 11.9 Å². The molecule has 0 saturated carbocycles. The summed E-state index contributed by atoms with van der Waals surface area (Å²) in [5, 5.41) is 14.5. The second kappa shape index (κ2) is 48.8. The number of aromatic nitrogens is 1. The smallest absolute Gasteiger partial charge is 0.325 e. The highest BCUT2D eigenvalue weighted by Crippen LogP contribution is 2.48. The van der Waals surface area contributed by atoms with Gasteiger partial charge in [0, 0.05) is 18.1 Å². The van der Waals surface area contributed by atoms with E-state index in [1.807, 2.05) is 474 Å². The van der Waals surface area contributed by atoms with E-state index in [0.29, 0.717) is 6.61 Å². The molecule has 10 nitrogen and oxygen atoms in total. The van der Waals surface area contributed by atoms with Gasteiger partial charge in [-0.1, -0.05) is 564 Å². The first-order valence-electron chi connectivity index (χ1n) is 47.5. The molecule has 696 valence electrons. The number of aliphatic hydroxyl groups is 1. The van der Waals surface area contributed by atoms with Crippen molar-refractivity contribution in [2.24, 2.45) is 5.73 Å². The second-order valence-corrected chi connectivity index (χ2v) is 33.7. The Bertz CT molecular complexity index is 6520. The molecule has 0 fully saturated rings. The SMILES string of the molecule is CCOC(=O)C(c1ccccc1)(c1ccccc1)c1ccccc1.COC(=O)C(c1ccccc1)(c1ccccc1)c1ccccc1.NC(=O)C(c1ccccc1)(c1ccccc1)c1ccccc1.O=C(Nc1ccccc1)C(c1ccccc1)(c1ccccc1)c1ccccc1.OC(c1ccccc1)(c1ccccc1)c1ccncc1.c1ccc(C(c2ccccc2)(c2ccccc2)c2ccccc2)cc1. The topological polar surface area (TPSA) is 158 Å². The van der Waals surface area contributed by atoms with Gasteiger partial charge in [-0.15, -0.1) is 0 Å². The van der Waals surface area contributed by atoms with Crippen molar-refractivity contribution in [3.05, 3.63) is 707 Å². The number of nitrogens with one attached hydrogen (secondary N) is 1. The molecule has 4 N–H and O–H groups in total. The van der Waals surface area contributed by atoms with Gasteiger partial charge in [0.1, 0.15) is 27.3 Å². The van der Waals surface area contributed by atoms with Gasteiger partial charge in [-0.2, -0.15) is 0 Å². The predicted octanol–water partition coefficient (Wildman–Crippen LogP) is 27.4. The lowest BCUT2D eigenvalue weighted by Gasteiger charge is -2.36. The maximum atomic E-state index is 13.9. The summed E-state index contributed by atoms with van der Waals surface area (Å²) >= 11 is 0. The summed E-state index contributed by atoms with van der Waals surface area (Å²) in [4.78, 5) is 56.9. The molecule has 0 bridgehead atoms. The Labute approximate surface area is 833 Å². The number of para-hydroxylation sites is 1. The average Bonchev–Trinajstić information content (AvgIpc) is 0.752. The Balaban J connectivity index is 0.000000129. The number of amides is 2. The van der Waals surface area contributed by atoms with Crippen molar-refractivity contribution in [2.75, 3.05) is 19.0 Å². The quantitative estimate of drug-likeness (QED) is 0.0377. The van der Waals surface area contributed by atoms with Crippen LogP contribution in [0.15, 0.2) is 601 Å². The average molecular weight is 1850 g/mol. The maximum Gasteiger partial charge on any atom is 0.325 e. The fraction of sp³-hybridized carbons (Fsp3) is 0.0682. The summed E-state index contributed by atoms with van der Waals surface area (Å²) < 4.78 is 10.8. The highest BCUT2D eigenvalue weighted by atomic mass is 16.5. The molecule has 1 heterocycles. The highest BCUT2D eigenvalue weighted by Gasteiger charge is 2.49. The molecule has 0 spiro atoms. The third kappa shape index (κ3) is 21.5. The third-order valence-corrected chi connectivity index (χ3v) is 25.6. The fourth-order valence-electron chi connectivity index (χ4n) is 19.1. The predicted molar refractivity (Wildman–Crippen MR) is 574 cm³/mol. The molecule has 2 amide bonds. The van der Waals surface area contributed by atoms with Crippen molar-refractivity contribution in [3.8, 4) is 0 Å². The molecule has 1 aromatic heterocycles.